The van der Waals surface area contributed by atoms with Crippen LogP contribution in [0.4, 0.5) is 0 Å². The van der Waals surface area contributed by atoms with E-state index in [0.29, 0.717) is 39.6 Å². The summed E-state index contributed by atoms with van der Waals surface area (Å²) in [7, 11) is 1.58. The molecule has 0 fully saturated rings. The maximum atomic E-state index is 12.7. The zero-order valence-corrected chi connectivity index (χ0v) is 18.5. The topological polar surface area (TPSA) is 114 Å². The number of esters is 1. The van der Waals surface area contributed by atoms with Crippen LogP contribution >= 0.6 is 11.3 Å². The van der Waals surface area contributed by atoms with E-state index in [9.17, 15) is 14.7 Å². The molecule has 0 radical (unpaired) electrons. The minimum Gasteiger partial charge on any atom is -0.457 e. The van der Waals surface area contributed by atoms with E-state index in [0.717, 1.165) is 11.3 Å². The molecule has 0 saturated carbocycles. The third-order valence-corrected chi connectivity index (χ3v) is 5.48. The van der Waals surface area contributed by atoms with Crippen LogP contribution in [0.25, 0.3) is 10.2 Å². The maximum Gasteiger partial charge on any atom is 0.348 e. The zero-order valence-electron chi connectivity index (χ0n) is 17.7. The Bertz CT molecular complexity index is 993. The van der Waals surface area contributed by atoms with Crippen LogP contribution in [0, 0.1) is 19.3 Å². The first kappa shape index (κ1) is 24.7. The van der Waals surface area contributed by atoms with Crippen LogP contribution in [0.2, 0.25) is 0 Å². The summed E-state index contributed by atoms with van der Waals surface area (Å²) in [4.78, 5) is 34.9. The van der Waals surface area contributed by atoms with E-state index in [4.69, 9.17) is 20.6 Å². The Kier molecular flexibility index (Phi) is 9.84. The molecular weight excluding hydrogens is 422 g/mol. The van der Waals surface area contributed by atoms with Gasteiger partial charge in [0, 0.05) is 20.2 Å². The van der Waals surface area contributed by atoms with Gasteiger partial charge in [-0.1, -0.05) is 18.6 Å². The number of nitrogens with one attached hydrogen (secondary N) is 1. The standard InChI is InChI=1S/C21H27N3O6S/c1-5-8-29-13-15(25)11-24(7-10-28-4)12-16-22-19(26)17-14(3)18(31-20(17)23-16)21(27)30-9-6-2/h1,6,15,25H,2,7-13H2,3-4H3,(H,22,23,26). The zero-order chi connectivity index (χ0) is 22.8. The van der Waals surface area contributed by atoms with Gasteiger partial charge in [0.2, 0.25) is 0 Å². The van der Waals surface area contributed by atoms with Crippen molar-refractivity contribution in [3.63, 3.8) is 0 Å². The maximum absolute atomic E-state index is 12.7. The first-order chi connectivity index (χ1) is 14.9. The molecule has 168 valence electrons. The smallest absolute Gasteiger partial charge is 0.348 e. The molecule has 2 N–H and O–H groups in total. The third kappa shape index (κ3) is 6.99. The number of carbonyl (C=O) groups excluding carboxylic acids is 1. The quantitative estimate of drug-likeness (QED) is 0.202. The second-order valence-electron chi connectivity index (χ2n) is 6.74. The number of aliphatic hydroxyl groups excluding tert-OH is 1. The Balaban J connectivity index is 2.22. The summed E-state index contributed by atoms with van der Waals surface area (Å²) in [6, 6.07) is 0. The molecule has 2 aromatic heterocycles. The molecule has 0 bridgehead atoms. The van der Waals surface area contributed by atoms with Gasteiger partial charge in [-0.2, -0.15) is 0 Å². The lowest BCUT2D eigenvalue weighted by Gasteiger charge is -2.24. The summed E-state index contributed by atoms with van der Waals surface area (Å²) in [5.74, 6) is 2.24. The number of aromatic nitrogens is 2. The lowest BCUT2D eigenvalue weighted by molar-refractivity contribution is 0.0202. The molecule has 9 nitrogen and oxygen atoms in total. The van der Waals surface area contributed by atoms with Crippen LogP contribution in [0.1, 0.15) is 21.1 Å². The molecule has 1 unspecified atom stereocenters. The van der Waals surface area contributed by atoms with Crippen LogP contribution in [0.5, 0.6) is 0 Å². The minimum absolute atomic E-state index is 0.0867. The number of nitrogens with zero attached hydrogens (tertiary/aromatic N) is 2. The van der Waals surface area contributed by atoms with Crippen molar-refractivity contribution in [3.8, 4) is 12.3 Å². The van der Waals surface area contributed by atoms with Crippen LogP contribution in [0.15, 0.2) is 17.4 Å². The van der Waals surface area contributed by atoms with E-state index in [-0.39, 0.29) is 38.5 Å². The molecule has 2 heterocycles. The van der Waals surface area contributed by atoms with E-state index < -0.39 is 12.1 Å². The van der Waals surface area contributed by atoms with Gasteiger partial charge in [-0.15, -0.1) is 17.8 Å². The second-order valence-corrected chi connectivity index (χ2v) is 7.74. The van der Waals surface area contributed by atoms with Gasteiger partial charge in [-0.3, -0.25) is 9.69 Å². The first-order valence-corrected chi connectivity index (χ1v) is 10.4. The molecule has 0 spiro atoms. The molecule has 31 heavy (non-hydrogen) atoms. The molecule has 0 aromatic carbocycles. The number of carbonyl (C=O) groups is 1. The van der Waals surface area contributed by atoms with E-state index >= 15 is 0 Å². The first-order valence-electron chi connectivity index (χ1n) is 9.62. The number of fused-ring (bicyclic) bond motifs is 1. The van der Waals surface area contributed by atoms with Crippen molar-refractivity contribution >= 4 is 27.5 Å². The summed E-state index contributed by atoms with van der Waals surface area (Å²) in [5.41, 5.74) is 0.202. The molecule has 0 aliphatic carbocycles. The molecule has 0 aliphatic rings. The molecule has 10 heteroatoms. The summed E-state index contributed by atoms with van der Waals surface area (Å²) >= 11 is 1.11. The number of aliphatic hydroxyl groups is 1. The summed E-state index contributed by atoms with van der Waals surface area (Å²) in [5, 5.41) is 10.6. The third-order valence-electron chi connectivity index (χ3n) is 4.32. The van der Waals surface area contributed by atoms with Crippen molar-refractivity contribution in [3.05, 3.63) is 39.3 Å². The summed E-state index contributed by atoms with van der Waals surface area (Å²) < 4.78 is 15.4. The normalized spacial score (nSPS) is 12.1. The van der Waals surface area contributed by atoms with Crippen molar-refractivity contribution in [2.24, 2.45) is 0 Å². The summed E-state index contributed by atoms with van der Waals surface area (Å²) in [6.45, 7) is 7.00. The number of methoxy groups -OCH3 is 1. The number of H-pyrrole nitrogens is 1. The predicted octanol–water partition coefficient (Wildman–Crippen LogP) is 1.09. The number of rotatable bonds is 13. The van der Waals surface area contributed by atoms with Crippen LogP contribution in [0.3, 0.4) is 0 Å². The molecular formula is C21H27N3O6S. The number of thiophene rings is 1. The highest BCUT2D eigenvalue weighted by molar-refractivity contribution is 7.20. The number of aryl methyl sites for hydroxylation is 1. The number of terminal acetylenes is 1. The lowest BCUT2D eigenvalue weighted by Crippen LogP contribution is -2.37. The van der Waals surface area contributed by atoms with Crippen molar-refractivity contribution < 1.29 is 24.1 Å². The average Bonchev–Trinajstić information content (AvgIpc) is 3.07. The fourth-order valence-corrected chi connectivity index (χ4v) is 4.02. The van der Waals surface area contributed by atoms with Crippen LogP contribution in [-0.4, -0.2) is 78.7 Å². The Morgan fingerprint density at radius 2 is 2.29 bits per heavy atom. The minimum atomic E-state index is -0.768. The fourth-order valence-electron chi connectivity index (χ4n) is 2.93. The Labute approximate surface area is 184 Å². The van der Waals surface area contributed by atoms with Crippen molar-refractivity contribution in [1.82, 2.24) is 14.9 Å². The molecule has 0 amide bonds. The number of hydrogen-bond donors (Lipinski definition) is 2. The fraction of sp³-hybridized carbons (Fsp3) is 0.476. The Morgan fingerprint density at radius 3 is 2.97 bits per heavy atom. The SMILES string of the molecule is C#CCOCC(O)CN(CCOC)Cc1nc2sc(C(=O)OCC=C)c(C)c2c(=O)[nH]1. The van der Waals surface area contributed by atoms with Crippen LogP contribution < -0.4 is 5.56 Å². The van der Waals surface area contributed by atoms with Gasteiger partial charge < -0.3 is 24.3 Å². The Morgan fingerprint density at radius 1 is 1.52 bits per heavy atom. The molecule has 2 aromatic rings. The molecule has 0 aliphatic heterocycles. The second kappa shape index (κ2) is 12.3. The van der Waals surface area contributed by atoms with E-state index in [1.165, 1.54) is 6.08 Å². The summed E-state index contributed by atoms with van der Waals surface area (Å²) in [6.07, 6.45) is 5.85. The molecule has 1 atom stereocenters. The van der Waals surface area contributed by atoms with Gasteiger partial charge in [0.15, 0.2) is 0 Å². The monoisotopic (exact) mass is 449 g/mol. The van der Waals surface area contributed by atoms with Gasteiger partial charge in [0.05, 0.1) is 31.2 Å². The highest BCUT2D eigenvalue weighted by Gasteiger charge is 2.21. The van der Waals surface area contributed by atoms with Crippen molar-refractivity contribution in [2.75, 3.05) is 46.6 Å². The van der Waals surface area contributed by atoms with Gasteiger partial charge >= 0.3 is 5.97 Å². The molecule has 2 rings (SSSR count). The number of ether oxygens (including phenoxy) is 3. The largest absolute Gasteiger partial charge is 0.457 e. The van der Waals surface area contributed by atoms with E-state index in [1.54, 1.807) is 14.0 Å². The lowest BCUT2D eigenvalue weighted by atomic mass is 10.2. The van der Waals surface area contributed by atoms with Gasteiger partial charge in [-0.05, 0) is 12.5 Å². The molecule has 0 saturated heterocycles. The van der Waals surface area contributed by atoms with Crippen molar-refractivity contribution in [2.45, 2.75) is 19.6 Å². The average molecular weight is 450 g/mol. The Hall–Kier alpha value is -2.55. The highest BCUT2D eigenvalue weighted by Crippen LogP contribution is 2.27. The van der Waals surface area contributed by atoms with Gasteiger partial charge in [0.1, 0.15) is 28.7 Å². The van der Waals surface area contributed by atoms with Crippen LogP contribution in [-0.2, 0) is 20.8 Å². The van der Waals surface area contributed by atoms with E-state index in [2.05, 4.69) is 22.5 Å². The highest BCUT2D eigenvalue weighted by atomic mass is 32.1. The van der Waals surface area contributed by atoms with Crippen molar-refractivity contribution in [1.29, 1.82) is 0 Å². The van der Waals surface area contributed by atoms with Gasteiger partial charge in [0.25, 0.3) is 5.56 Å². The predicted molar refractivity (Wildman–Crippen MR) is 118 cm³/mol. The van der Waals surface area contributed by atoms with Gasteiger partial charge in [-0.25, -0.2) is 9.78 Å². The number of aromatic amines is 1. The van der Waals surface area contributed by atoms with E-state index in [1.807, 2.05) is 4.90 Å². The number of hydrogen-bond acceptors (Lipinski definition) is 9.